The van der Waals surface area contributed by atoms with Gasteiger partial charge < -0.3 is 9.66 Å². The summed E-state index contributed by atoms with van der Waals surface area (Å²) in [6.07, 6.45) is 1.41. The fourth-order valence-electron chi connectivity index (χ4n) is 1.08. The largest absolute Gasteiger partial charge is 0.748 e. The summed E-state index contributed by atoms with van der Waals surface area (Å²) in [6, 6.07) is 4.41. The fourth-order valence-corrected chi connectivity index (χ4v) is 1.50. The van der Waals surface area contributed by atoms with Crippen molar-refractivity contribution < 1.29 is 27.4 Å². The second kappa shape index (κ2) is 4.37. The van der Waals surface area contributed by atoms with Gasteiger partial charge in [-0.05, 0) is 6.07 Å². The van der Waals surface area contributed by atoms with Gasteiger partial charge in [0.15, 0.2) is 12.7 Å². The van der Waals surface area contributed by atoms with Gasteiger partial charge in [0.25, 0.3) is 5.69 Å². The summed E-state index contributed by atoms with van der Waals surface area (Å²) in [5.41, 5.74) is -0.0545. The topological polar surface area (TPSA) is 98.4 Å². The normalized spacial score (nSPS) is 11.3. The van der Waals surface area contributed by atoms with Gasteiger partial charge in [0.1, 0.15) is 10.1 Å². The Morgan fingerprint density at radius 2 is 2.13 bits per heavy atom. The standard InChI is InChI=1S/C8H9NO5S/c10-8(11)7-3-1-2-4-9(7)5-6-15(12,13)14/h1-4H,5-6H2,(H-,10,11,12,13,14). The summed E-state index contributed by atoms with van der Waals surface area (Å²) in [5, 5.41) is 8.75. The second-order valence-corrected chi connectivity index (χ2v) is 4.37. The van der Waals surface area contributed by atoms with Crippen molar-refractivity contribution in [3.05, 3.63) is 30.1 Å². The van der Waals surface area contributed by atoms with Crippen LogP contribution in [0.3, 0.4) is 0 Å². The number of pyridine rings is 1. The molecule has 82 valence electrons. The zero-order valence-corrected chi connectivity index (χ0v) is 8.48. The van der Waals surface area contributed by atoms with E-state index in [0.717, 1.165) is 0 Å². The molecule has 0 aliphatic carbocycles. The molecule has 0 spiro atoms. The second-order valence-electron chi connectivity index (χ2n) is 2.85. The van der Waals surface area contributed by atoms with Crippen molar-refractivity contribution in [2.24, 2.45) is 0 Å². The van der Waals surface area contributed by atoms with Crippen molar-refractivity contribution in [2.45, 2.75) is 6.54 Å². The van der Waals surface area contributed by atoms with Crippen LogP contribution in [0.4, 0.5) is 0 Å². The third-order valence-corrected chi connectivity index (χ3v) is 2.42. The summed E-state index contributed by atoms with van der Waals surface area (Å²) in [4.78, 5) is 10.7. The van der Waals surface area contributed by atoms with Gasteiger partial charge in [-0.15, -0.1) is 0 Å². The third-order valence-electron chi connectivity index (χ3n) is 1.74. The molecule has 0 saturated carbocycles. The van der Waals surface area contributed by atoms with Gasteiger partial charge in [-0.3, -0.25) is 0 Å². The average molecular weight is 231 g/mol. The summed E-state index contributed by atoms with van der Waals surface area (Å²) >= 11 is 0. The summed E-state index contributed by atoms with van der Waals surface area (Å²) < 4.78 is 32.3. The SMILES string of the molecule is O=C(O)c1cccc[n+]1CCS(=O)(=O)[O-]. The van der Waals surface area contributed by atoms with Crippen LogP contribution in [0.15, 0.2) is 24.4 Å². The zero-order chi connectivity index (χ0) is 11.5. The molecule has 0 aliphatic rings. The quantitative estimate of drug-likeness (QED) is 0.541. The lowest BCUT2D eigenvalue weighted by Crippen LogP contribution is -2.42. The van der Waals surface area contributed by atoms with Crippen LogP contribution in [0.25, 0.3) is 0 Å². The Hall–Kier alpha value is -1.47. The number of aromatic carboxylic acids is 1. The molecular formula is C8H9NO5S. The van der Waals surface area contributed by atoms with Crippen molar-refractivity contribution in [1.82, 2.24) is 0 Å². The van der Waals surface area contributed by atoms with Gasteiger partial charge in [-0.2, -0.15) is 4.57 Å². The Morgan fingerprint density at radius 3 is 2.67 bits per heavy atom. The Bertz CT molecular complexity index is 468. The summed E-state index contributed by atoms with van der Waals surface area (Å²) in [7, 11) is -4.33. The molecule has 1 heterocycles. The molecule has 0 unspecified atom stereocenters. The predicted octanol–water partition coefficient (Wildman–Crippen LogP) is -0.782. The lowest BCUT2D eigenvalue weighted by Gasteiger charge is -2.04. The summed E-state index contributed by atoms with van der Waals surface area (Å²) in [6.45, 7) is -0.158. The van der Waals surface area contributed by atoms with Gasteiger partial charge in [-0.25, -0.2) is 13.2 Å². The number of nitrogens with zero attached hydrogens (tertiary/aromatic N) is 1. The minimum atomic E-state index is -4.33. The monoisotopic (exact) mass is 231 g/mol. The minimum absolute atomic E-state index is 0.0545. The Labute approximate surface area is 86.5 Å². The van der Waals surface area contributed by atoms with Crippen LogP contribution in [0.5, 0.6) is 0 Å². The van der Waals surface area contributed by atoms with E-state index in [1.165, 1.54) is 22.9 Å². The first-order valence-electron chi connectivity index (χ1n) is 4.05. The smallest absolute Gasteiger partial charge is 0.401 e. The van der Waals surface area contributed by atoms with E-state index < -0.39 is 21.8 Å². The maximum absolute atomic E-state index is 10.7. The first-order valence-corrected chi connectivity index (χ1v) is 5.63. The van der Waals surface area contributed by atoms with Gasteiger partial charge >= 0.3 is 5.97 Å². The Morgan fingerprint density at radius 1 is 1.47 bits per heavy atom. The van der Waals surface area contributed by atoms with Crippen molar-refractivity contribution >= 4 is 16.1 Å². The number of aromatic nitrogens is 1. The van der Waals surface area contributed by atoms with E-state index in [9.17, 15) is 17.8 Å². The maximum atomic E-state index is 10.7. The first kappa shape index (κ1) is 11.6. The molecule has 0 radical (unpaired) electrons. The van der Waals surface area contributed by atoms with Crippen molar-refractivity contribution in [3.8, 4) is 0 Å². The predicted molar refractivity (Wildman–Crippen MR) is 48.2 cm³/mol. The Kier molecular flexibility index (Phi) is 3.38. The van der Waals surface area contributed by atoms with Gasteiger partial charge in [0.05, 0.1) is 5.75 Å². The van der Waals surface area contributed by atoms with Crippen molar-refractivity contribution in [2.75, 3.05) is 5.75 Å². The number of hydrogen-bond donors (Lipinski definition) is 1. The molecular weight excluding hydrogens is 222 g/mol. The molecule has 0 bridgehead atoms. The van der Waals surface area contributed by atoms with Crippen LogP contribution >= 0.6 is 0 Å². The van der Waals surface area contributed by atoms with Crippen LogP contribution in [0.1, 0.15) is 10.5 Å². The van der Waals surface area contributed by atoms with E-state index in [-0.39, 0.29) is 12.2 Å². The highest BCUT2D eigenvalue weighted by Gasteiger charge is 2.17. The lowest BCUT2D eigenvalue weighted by molar-refractivity contribution is -0.695. The number of aryl methyl sites for hydroxylation is 1. The van der Waals surface area contributed by atoms with Crippen LogP contribution in [0.2, 0.25) is 0 Å². The number of carboxylic acid groups (broad SMARTS) is 1. The van der Waals surface area contributed by atoms with Gasteiger partial charge in [-0.1, -0.05) is 0 Å². The molecule has 15 heavy (non-hydrogen) atoms. The molecule has 0 amide bonds. The molecule has 1 aromatic rings. The highest BCUT2D eigenvalue weighted by Crippen LogP contribution is 1.92. The van der Waals surface area contributed by atoms with Gasteiger partial charge in [0.2, 0.25) is 0 Å². The van der Waals surface area contributed by atoms with E-state index in [1.807, 2.05) is 0 Å². The Balaban J connectivity index is 2.90. The molecule has 0 saturated heterocycles. The minimum Gasteiger partial charge on any atom is -0.748 e. The summed E-state index contributed by atoms with van der Waals surface area (Å²) in [5.74, 6) is -1.79. The highest BCUT2D eigenvalue weighted by atomic mass is 32.2. The van der Waals surface area contributed by atoms with Gasteiger partial charge in [0, 0.05) is 12.1 Å². The first-order chi connectivity index (χ1) is 6.90. The molecule has 0 fully saturated rings. The molecule has 7 heteroatoms. The maximum Gasteiger partial charge on any atom is 0.401 e. The molecule has 1 rings (SSSR count). The number of carbonyl (C=O) groups is 1. The molecule has 1 aromatic heterocycles. The molecule has 0 atom stereocenters. The van der Waals surface area contributed by atoms with E-state index in [2.05, 4.69) is 0 Å². The van der Waals surface area contributed by atoms with Crippen LogP contribution < -0.4 is 4.57 Å². The molecule has 6 nitrogen and oxygen atoms in total. The molecule has 1 N–H and O–H groups in total. The van der Waals surface area contributed by atoms with E-state index in [4.69, 9.17) is 5.11 Å². The zero-order valence-electron chi connectivity index (χ0n) is 7.66. The molecule has 0 aromatic carbocycles. The van der Waals surface area contributed by atoms with Crippen LogP contribution in [-0.2, 0) is 16.7 Å². The van der Waals surface area contributed by atoms with E-state index >= 15 is 0 Å². The third kappa shape index (κ3) is 3.64. The lowest BCUT2D eigenvalue weighted by atomic mass is 10.3. The number of hydrogen-bond acceptors (Lipinski definition) is 4. The van der Waals surface area contributed by atoms with Crippen molar-refractivity contribution in [1.29, 1.82) is 0 Å². The van der Waals surface area contributed by atoms with E-state index in [1.54, 1.807) is 6.07 Å². The van der Waals surface area contributed by atoms with Crippen LogP contribution in [-0.4, -0.2) is 29.8 Å². The fraction of sp³-hybridized carbons (Fsp3) is 0.250. The highest BCUT2D eigenvalue weighted by molar-refractivity contribution is 7.85. The van der Waals surface area contributed by atoms with E-state index in [0.29, 0.717) is 0 Å². The molecule has 0 aliphatic heterocycles. The number of carboxylic acids is 1. The average Bonchev–Trinajstić information content (AvgIpc) is 2.14. The van der Waals surface area contributed by atoms with Crippen molar-refractivity contribution in [3.63, 3.8) is 0 Å². The number of rotatable bonds is 4. The van der Waals surface area contributed by atoms with Crippen LogP contribution in [0, 0.1) is 0 Å².